The van der Waals surface area contributed by atoms with Crippen molar-refractivity contribution >= 4 is 0 Å². The maximum absolute atomic E-state index is 9.72. The number of unbranched alkanes of at least 4 members (excludes halogenated alkanes) is 4. The zero-order chi connectivity index (χ0) is 13.4. The molecule has 0 spiro atoms. The van der Waals surface area contributed by atoms with Gasteiger partial charge in [-0.05, 0) is 32.4 Å². The highest BCUT2D eigenvalue weighted by Crippen LogP contribution is 2.26. The smallest absolute Gasteiger partial charge is 0.125 e. The molecule has 0 radical (unpaired) electrons. The molecule has 0 aliphatic carbocycles. The van der Waals surface area contributed by atoms with E-state index in [0.29, 0.717) is 0 Å². The van der Waals surface area contributed by atoms with Crippen LogP contribution in [0.3, 0.4) is 0 Å². The van der Waals surface area contributed by atoms with Crippen LogP contribution in [0.15, 0.2) is 18.2 Å². The molecule has 2 heteroatoms. The van der Waals surface area contributed by atoms with Crippen molar-refractivity contribution in [1.82, 2.24) is 0 Å². The summed E-state index contributed by atoms with van der Waals surface area (Å²) in [5.74, 6) is 0.825. The lowest BCUT2D eigenvalue weighted by molar-refractivity contribution is 0.190. The summed E-state index contributed by atoms with van der Waals surface area (Å²) in [6.07, 6.45) is 5.71. The van der Waals surface area contributed by atoms with Crippen LogP contribution in [0.25, 0.3) is 0 Å². The Bertz CT molecular complexity index is 345. The monoisotopic (exact) mass is 250 g/mol. The summed E-state index contributed by atoms with van der Waals surface area (Å²) < 4.78 is 5.77. The SMILES string of the molecule is CCCCCCCOc1ccc(C)cc1C(C)O. The van der Waals surface area contributed by atoms with Crippen molar-refractivity contribution in [3.05, 3.63) is 29.3 Å². The van der Waals surface area contributed by atoms with E-state index in [1.165, 1.54) is 25.7 Å². The molecule has 0 aromatic heterocycles. The number of ether oxygens (including phenoxy) is 1. The topological polar surface area (TPSA) is 29.5 Å². The van der Waals surface area contributed by atoms with Gasteiger partial charge in [0, 0.05) is 5.56 Å². The Kier molecular flexibility index (Phi) is 6.81. The van der Waals surface area contributed by atoms with Gasteiger partial charge in [0.2, 0.25) is 0 Å². The fraction of sp³-hybridized carbons (Fsp3) is 0.625. The van der Waals surface area contributed by atoms with E-state index >= 15 is 0 Å². The molecule has 1 unspecified atom stereocenters. The first-order chi connectivity index (χ1) is 8.65. The van der Waals surface area contributed by atoms with Crippen LogP contribution in [0.4, 0.5) is 0 Å². The highest BCUT2D eigenvalue weighted by molar-refractivity contribution is 5.38. The predicted molar refractivity (Wildman–Crippen MR) is 76.1 cm³/mol. The first kappa shape index (κ1) is 15.0. The molecule has 0 aliphatic rings. The molecular formula is C16H26O2. The fourth-order valence-electron chi connectivity index (χ4n) is 2.01. The molecule has 0 fully saturated rings. The van der Waals surface area contributed by atoms with Crippen molar-refractivity contribution in [1.29, 1.82) is 0 Å². The summed E-state index contributed by atoms with van der Waals surface area (Å²) in [6, 6.07) is 5.98. The molecule has 102 valence electrons. The maximum atomic E-state index is 9.72. The Morgan fingerprint density at radius 1 is 1.17 bits per heavy atom. The second-order valence-electron chi connectivity index (χ2n) is 4.98. The summed E-state index contributed by atoms with van der Waals surface area (Å²) in [5.41, 5.74) is 2.05. The van der Waals surface area contributed by atoms with Crippen molar-refractivity contribution < 1.29 is 9.84 Å². The molecule has 1 rings (SSSR count). The normalized spacial score (nSPS) is 12.4. The Morgan fingerprint density at radius 2 is 1.89 bits per heavy atom. The second kappa shape index (κ2) is 8.15. The van der Waals surface area contributed by atoms with Crippen molar-refractivity contribution in [2.24, 2.45) is 0 Å². The van der Waals surface area contributed by atoms with Crippen molar-refractivity contribution in [2.75, 3.05) is 6.61 Å². The molecule has 1 aromatic rings. The average molecular weight is 250 g/mol. The number of hydrogen-bond donors (Lipinski definition) is 1. The Morgan fingerprint density at radius 3 is 2.56 bits per heavy atom. The standard InChI is InChI=1S/C16H26O2/c1-4-5-6-7-8-11-18-16-10-9-13(2)12-15(16)14(3)17/h9-10,12,14,17H,4-8,11H2,1-3H3. The summed E-state index contributed by atoms with van der Waals surface area (Å²) >= 11 is 0. The van der Waals surface area contributed by atoms with Gasteiger partial charge in [-0.2, -0.15) is 0 Å². The Balaban J connectivity index is 2.42. The molecule has 0 heterocycles. The van der Waals surface area contributed by atoms with Gasteiger partial charge in [-0.1, -0.05) is 44.2 Å². The molecule has 18 heavy (non-hydrogen) atoms. The molecule has 1 atom stereocenters. The van der Waals surface area contributed by atoms with Crippen molar-refractivity contribution in [3.8, 4) is 5.75 Å². The first-order valence-corrected chi connectivity index (χ1v) is 7.06. The van der Waals surface area contributed by atoms with Crippen LogP contribution in [0.2, 0.25) is 0 Å². The number of rotatable bonds is 8. The number of aliphatic hydroxyl groups excluding tert-OH is 1. The average Bonchev–Trinajstić information content (AvgIpc) is 2.35. The van der Waals surface area contributed by atoms with Crippen LogP contribution in [-0.4, -0.2) is 11.7 Å². The maximum Gasteiger partial charge on any atom is 0.125 e. The van der Waals surface area contributed by atoms with Gasteiger partial charge < -0.3 is 9.84 Å². The van der Waals surface area contributed by atoms with Crippen molar-refractivity contribution in [2.45, 2.75) is 59.0 Å². The van der Waals surface area contributed by atoms with Crippen LogP contribution >= 0.6 is 0 Å². The lowest BCUT2D eigenvalue weighted by Gasteiger charge is -2.14. The number of aliphatic hydroxyl groups is 1. The minimum Gasteiger partial charge on any atom is -0.493 e. The van der Waals surface area contributed by atoms with Gasteiger partial charge in [-0.25, -0.2) is 0 Å². The van der Waals surface area contributed by atoms with Gasteiger partial charge in [-0.3, -0.25) is 0 Å². The highest BCUT2D eigenvalue weighted by Gasteiger charge is 2.09. The summed E-state index contributed by atoms with van der Waals surface area (Å²) in [5, 5.41) is 9.72. The third-order valence-corrected chi connectivity index (χ3v) is 3.12. The van der Waals surface area contributed by atoms with Crippen LogP contribution < -0.4 is 4.74 Å². The van der Waals surface area contributed by atoms with Crippen molar-refractivity contribution in [3.63, 3.8) is 0 Å². The summed E-state index contributed by atoms with van der Waals surface area (Å²) in [4.78, 5) is 0. The number of aryl methyl sites for hydroxylation is 1. The lowest BCUT2D eigenvalue weighted by Crippen LogP contribution is -2.02. The van der Waals surface area contributed by atoms with Gasteiger partial charge in [-0.15, -0.1) is 0 Å². The predicted octanol–water partition coefficient (Wildman–Crippen LogP) is 4.40. The summed E-state index contributed by atoms with van der Waals surface area (Å²) in [7, 11) is 0. The van der Waals surface area contributed by atoms with Crippen LogP contribution in [0, 0.1) is 6.92 Å². The molecule has 0 aliphatic heterocycles. The Labute approximate surface area is 111 Å². The van der Waals surface area contributed by atoms with Crippen LogP contribution in [-0.2, 0) is 0 Å². The quantitative estimate of drug-likeness (QED) is 0.693. The number of benzene rings is 1. The number of hydrogen-bond acceptors (Lipinski definition) is 2. The van der Waals surface area contributed by atoms with Gasteiger partial charge in [0.05, 0.1) is 12.7 Å². The summed E-state index contributed by atoms with van der Waals surface area (Å²) in [6.45, 7) is 6.77. The molecule has 1 N–H and O–H groups in total. The van der Waals surface area contributed by atoms with E-state index in [1.54, 1.807) is 6.92 Å². The zero-order valence-electron chi connectivity index (χ0n) is 11.9. The van der Waals surface area contributed by atoms with E-state index in [-0.39, 0.29) is 0 Å². The van der Waals surface area contributed by atoms with E-state index in [2.05, 4.69) is 6.92 Å². The third kappa shape index (κ3) is 5.09. The molecule has 0 saturated carbocycles. The molecule has 2 nitrogen and oxygen atoms in total. The molecular weight excluding hydrogens is 224 g/mol. The lowest BCUT2D eigenvalue weighted by atomic mass is 10.1. The first-order valence-electron chi connectivity index (χ1n) is 7.06. The zero-order valence-corrected chi connectivity index (χ0v) is 11.9. The van der Waals surface area contributed by atoms with Gasteiger partial charge in [0.1, 0.15) is 5.75 Å². The van der Waals surface area contributed by atoms with E-state index in [4.69, 9.17) is 4.74 Å². The molecule has 0 bridgehead atoms. The minimum absolute atomic E-state index is 0.472. The third-order valence-electron chi connectivity index (χ3n) is 3.12. The van der Waals surface area contributed by atoms with E-state index in [1.807, 2.05) is 25.1 Å². The fourth-order valence-corrected chi connectivity index (χ4v) is 2.01. The second-order valence-corrected chi connectivity index (χ2v) is 4.98. The van der Waals surface area contributed by atoms with Gasteiger partial charge in [0.25, 0.3) is 0 Å². The highest BCUT2D eigenvalue weighted by atomic mass is 16.5. The molecule has 1 aromatic carbocycles. The molecule has 0 saturated heterocycles. The Hall–Kier alpha value is -1.02. The van der Waals surface area contributed by atoms with Gasteiger partial charge in [0.15, 0.2) is 0 Å². The van der Waals surface area contributed by atoms with E-state index < -0.39 is 6.10 Å². The van der Waals surface area contributed by atoms with Crippen LogP contribution in [0.1, 0.15) is 63.2 Å². The minimum atomic E-state index is -0.472. The van der Waals surface area contributed by atoms with Crippen LogP contribution in [0.5, 0.6) is 5.75 Å². The van der Waals surface area contributed by atoms with E-state index in [9.17, 15) is 5.11 Å². The van der Waals surface area contributed by atoms with E-state index in [0.717, 1.165) is 29.9 Å². The largest absolute Gasteiger partial charge is 0.493 e. The van der Waals surface area contributed by atoms with Gasteiger partial charge >= 0.3 is 0 Å². The molecule has 0 amide bonds.